The molecule has 0 saturated carbocycles. The zero-order valence-corrected chi connectivity index (χ0v) is 11.5. The van der Waals surface area contributed by atoms with Gasteiger partial charge in [-0.3, -0.25) is 4.90 Å². The van der Waals surface area contributed by atoms with E-state index in [1.807, 2.05) is 0 Å². The Labute approximate surface area is 104 Å². The molecule has 0 aromatic carbocycles. The Morgan fingerprint density at radius 1 is 1.69 bits per heavy atom. The molecule has 1 aliphatic rings. The second-order valence-corrected chi connectivity index (χ2v) is 8.82. The fourth-order valence-corrected chi connectivity index (χ4v) is 2.71. The van der Waals surface area contributed by atoms with E-state index in [-0.39, 0.29) is 1.43 Å². The van der Waals surface area contributed by atoms with Crippen LogP contribution >= 0.6 is 45.2 Å². The maximum Gasteiger partial charge on any atom is 0.411 e. The molecule has 0 unspecified atom stereocenters. The van der Waals surface area contributed by atoms with Crippen LogP contribution < -0.4 is 0 Å². The molecule has 0 spiro atoms. The van der Waals surface area contributed by atoms with Crippen LogP contribution in [-0.4, -0.2) is 37.4 Å². The first-order chi connectivity index (χ1) is 5.99. The van der Waals surface area contributed by atoms with Gasteiger partial charge in [0.25, 0.3) is 0 Å². The summed E-state index contributed by atoms with van der Waals surface area (Å²) in [6.07, 6.45) is 0.598. The van der Waals surface area contributed by atoms with E-state index in [1.54, 1.807) is 0 Å². The summed E-state index contributed by atoms with van der Waals surface area (Å²) in [6, 6.07) is 0. The number of ether oxygens (including phenoxy) is 1. The van der Waals surface area contributed by atoms with E-state index in [1.165, 1.54) is 12.0 Å². The van der Waals surface area contributed by atoms with E-state index in [0.29, 0.717) is 6.54 Å². The maximum absolute atomic E-state index is 11.2. The molecule has 1 fully saturated rings. The van der Waals surface area contributed by atoms with Crippen LogP contribution in [0.2, 0.25) is 0 Å². The van der Waals surface area contributed by atoms with Crippen molar-refractivity contribution in [3.8, 4) is 0 Å². The highest BCUT2D eigenvalue weighted by Crippen LogP contribution is 2.41. The van der Waals surface area contributed by atoms with Crippen molar-refractivity contribution in [2.24, 2.45) is 0 Å². The van der Waals surface area contributed by atoms with Crippen LogP contribution in [0.3, 0.4) is 0 Å². The Bertz CT molecular complexity index is 210. The monoisotopic (exact) mass is 411 g/mol. The topological polar surface area (TPSA) is 49.8 Å². The van der Waals surface area contributed by atoms with Gasteiger partial charge in [-0.2, -0.15) is 0 Å². The molecule has 76 valence electrons. The van der Waals surface area contributed by atoms with Crippen LogP contribution in [0, 0.1) is 0 Å². The summed E-state index contributed by atoms with van der Waals surface area (Å²) < 4.78 is 4.28. The number of amides is 1. The highest BCUT2D eigenvalue weighted by Gasteiger charge is 2.42. The average molecular weight is 411 g/mol. The first-order valence-electron chi connectivity index (χ1n) is 3.89. The third-order valence-corrected chi connectivity index (χ3v) is 4.18. The molecule has 0 aromatic rings. The number of hydrogen-bond donors (Lipinski definition) is 1. The molecule has 1 heterocycles. The molecule has 13 heavy (non-hydrogen) atoms. The number of alkyl halides is 2. The summed E-state index contributed by atoms with van der Waals surface area (Å²) in [5.74, 6) is 0. The second-order valence-electron chi connectivity index (χ2n) is 2.90. The zero-order valence-electron chi connectivity index (χ0n) is 7.17. The number of rotatable bonds is 0. The summed E-state index contributed by atoms with van der Waals surface area (Å²) in [5.41, 5.74) is 0. The predicted octanol–water partition coefficient (Wildman–Crippen LogP) is 1.73. The van der Waals surface area contributed by atoms with Crippen molar-refractivity contribution in [1.82, 2.24) is 4.90 Å². The SMILES string of the molecule is COC(=O)N1CCCC(I)(I)[C@@H]1O. The van der Waals surface area contributed by atoms with Gasteiger partial charge in [0.1, 0.15) is 1.43 Å². The van der Waals surface area contributed by atoms with Crippen molar-refractivity contribution in [3.63, 3.8) is 0 Å². The lowest BCUT2D eigenvalue weighted by atomic mass is 10.1. The number of piperidine rings is 1. The van der Waals surface area contributed by atoms with E-state index in [0.717, 1.165) is 12.8 Å². The minimum absolute atomic E-state index is 0.290. The molecule has 1 aliphatic heterocycles. The van der Waals surface area contributed by atoms with Gasteiger partial charge in [0, 0.05) is 6.54 Å². The van der Waals surface area contributed by atoms with Gasteiger partial charge >= 0.3 is 6.09 Å². The summed E-state index contributed by atoms with van der Waals surface area (Å²) >= 11 is 4.34. The number of halogens is 2. The number of likely N-dealkylation sites (tertiary alicyclic amines) is 1. The smallest absolute Gasteiger partial charge is 0.411 e. The van der Waals surface area contributed by atoms with Crippen LogP contribution in [0.4, 0.5) is 4.79 Å². The van der Waals surface area contributed by atoms with Gasteiger partial charge in [-0.25, -0.2) is 4.79 Å². The number of carbonyl (C=O) groups excluding carboxylic acids is 1. The van der Waals surface area contributed by atoms with Gasteiger partial charge < -0.3 is 9.84 Å². The Balaban J connectivity index is 2.71. The quantitative estimate of drug-likeness (QED) is 0.488. The molecule has 0 bridgehead atoms. The number of aliphatic hydroxyl groups excluding tert-OH is 1. The fraction of sp³-hybridized carbons (Fsp3) is 0.857. The minimum Gasteiger partial charge on any atom is -0.453 e. The third kappa shape index (κ3) is 2.58. The summed E-state index contributed by atoms with van der Waals surface area (Å²) in [6.45, 7) is 0.571. The van der Waals surface area contributed by atoms with Gasteiger partial charge in [-0.05, 0) is 12.8 Å². The summed E-state index contributed by atoms with van der Waals surface area (Å²) in [5, 5.41) is 9.81. The standard InChI is InChI=1S/C7H11I2NO3/c1-13-6(12)10-4-2-3-7(8,9)5(10)11/h5,11H,2-4H2,1H3/t5-/m0/s1. The molecule has 4 nitrogen and oxygen atoms in total. The van der Waals surface area contributed by atoms with Crippen LogP contribution in [0.15, 0.2) is 0 Å². The highest BCUT2D eigenvalue weighted by molar-refractivity contribution is 14.2. The maximum atomic E-state index is 11.2. The van der Waals surface area contributed by atoms with E-state index in [4.69, 9.17) is 0 Å². The van der Waals surface area contributed by atoms with Gasteiger partial charge in [-0.1, -0.05) is 45.2 Å². The molecule has 0 aromatic heterocycles. The zero-order chi connectivity index (χ0) is 10.1. The van der Waals surface area contributed by atoms with Crippen LogP contribution in [-0.2, 0) is 4.74 Å². The predicted molar refractivity (Wildman–Crippen MR) is 65.1 cm³/mol. The second kappa shape index (κ2) is 4.47. The lowest BCUT2D eigenvalue weighted by molar-refractivity contribution is -0.0122. The number of nitrogens with zero attached hydrogens (tertiary/aromatic N) is 1. The highest BCUT2D eigenvalue weighted by atomic mass is 127. The number of aliphatic hydroxyl groups is 1. The lowest BCUT2D eigenvalue weighted by Gasteiger charge is -2.39. The van der Waals surface area contributed by atoms with Crippen LogP contribution in [0.5, 0.6) is 0 Å². The largest absolute Gasteiger partial charge is 0.453 e. The summed E-state index contributed by atoms with van der Waals surface area (Å²) in [7, 11) is 1.33. The number of hydrogen-bond acceptors (Lipinski definition) is 3. The van der Waals surface area contributed by atoms with Gasteiger partial charge in [0.15, 0.2) is 6.23 Å². The van der Waals surface area contributed by atoms with Gasteiger partial charge in [-0.15, -0.1) is 0 Å². The van der Waals surface area contributed by atoms with Gasteiger partial charge in [0.05, 0.1) is 7.11 Å². The van der Waals surface area contributed by atoms with Crippen LogP contribution in [0.1, 0.15) is 12.8 Å². The normalized spacial score (nSPS) is 27.1. The van der Waals surface area contributed by atoms with Crippen molar-refractivity contribution < 1.29 is 14.6 Å². The molecule has 1 atom stereocenters. The number of methoxy groups -OCH3 is 1. The average Bonchev–Trinajstić information content (AvgIpc) is 2.08. The van der Waals surface area contributed by atoms with Crippen molar-refractivity contribution in [3.05, 3.63) is 0 Å². The molecule has 1 N–H and O–H groups in total. The van der Waals surface area contributed by atoms with E-state index in [2.05, 4.69) is 49.9 Å². The molecular weight excluding hydrogens is 400 g/mol. The van der Waals surface area contributed by atoms with Crippen molar-refractivity contribution in [1.29, 1.82) is 0 Å². The molecule has 1 rings (SSSR count). The number of carbonyl (C=O) groups is 1. The first kappa shape index (κ1) is 11.8. The van der Waals surface area contributed by atoms with E-state index in [9.17, 15) is 9.90 Å². The minimum atomic E-state index is -0.755. The molecule has 1 saturated heterocycles. The Kier molecular flexibility index (Phi) is 4.05. The summed E-state index contributed by atoms with van der Waals surface area (Å²) in [4.78, 5) is 12.6. The van der Waals surface area contributed by atoms with Crippen molar-refractivity contribution >= 4 is 51.3 Å². The molecular formula is C7H11I2NO3. The van der Waals surface area contributed by atoms with E-state index >= 15 is 0 Å². The van der Waals surface area contributed by atoms with Crippen LogP contribution in [0.25, 0.3) is 0 Å². The van der Waals surface area contributed by atoms with Crippen molar-refractivity contribution in [2.75, 3.05) is 13.7 Å². The van der Waals surface area contributed by atoms with Crippen molar-refractivity contribution in [2.45, 2.75) is 20.5 Å². The third-order valence-electron chi connectivity index (χ3n) is 1.99. The fourth-order valence-electron chi connectivity index (χ4n) is 1.27. The molecule has 0 aliphatic carbocycles. The molecule has 0 radical (unpaired) electrons. The van der Waals surface area contributed by atoms with E-state index < -0.39 is 12.3 Å². The van der Waals surface area contributed by atoms with Gasteiger partial charge in [0.2, 0.25) is 0 Å². The molecule has 1 amide bonds. The Hall–Kier alpha value is 0.690. The lowest BCUT2D eigenvalue weighted by Crippen LogP contribution is -2.52. The molecule has 6 heteroatoms. The first-order valence-corrected chi connectivity index (χ1v) is 6.05. The Morgan fingerprint density at radius 2 is 2.31 bits per heavy atom. The Morgan fingerprint density at radius 3 is 2.85 bits per heavy atom.